The first-order valence-electron chi connectivity index (χ1n) is 9.53. The van der Waals surface area contributed by atoms with Crippen molar-refractivity contribution in [3.63, 3.8) is 0 Å². The fraction of sp³-hybridized carbons (Fsp3) is 0.125. The van der Waals surface area contributed by atoms with E-state index >= 15 is 0 Å². The molecule has 4 nitrogen and oxygen atoms in total. The number of amides is 1. The predicted octanol–water partition coefficient (Wildman–Crippen LogP) is 5.01. The summed E-state index contributed by atoms with van der Waals surface area (Å²) in [6.07, 6.45) is 2.73. The maximum absolute atomic E-state index is 12.3. The lowest BCUT2D eigenvalue weighted by Crippen LogP contribution is -2.26. The number of carbonyl (C=O) groups excluding carboxylic acids is 1. The average Bonchev–Trinajstić information content (AvgIpc) is 3.15. The number of hydrogen-bond acceptors (Lipinski definition) is 3. The highest BCUT2D eigenvalue weighted by atomic mass is 32.1. The maximum Gasteiger partial charge on any atom is 0.252 e. The molecule has 0 saturated heterocycles. The van der Waals surface area contributed by atoms with Crippen LogP contribution in [0, 0.1) is 0 Å². The van der Waals surface area contributed by atoms with E-state index in [0.29, 0.717) is 23.6 Å². The monoisotopic (exact) mass is 402 g/mol. The molecule has 0 saturated carbocycles. The van der Waals surface area contributed by atoms with Crippen molar-refractivity contribution in [1.29, 1.82) is 0 Å². The van der Waals surface area contributed by atoms with Gasteiger partial charge in [0.15, 0.2) is 0 Å². The molecule has 0 spiro atoms. The molecule has 0 unspecified atom stereocenters. The van der Waals surface area contributed by atoms with Crippen LogP contribution in [0.3, 0.4) is 0 Å². The van der Waals surface area contributed by atoms with Crippen molar-refractivity contribution in [2.75, 3.05) is 6.54 Å². The maximum atomic E-state index is 12.3. The summed E-state index contributed by atoms with van der Waals surface area (Å²) in [6, 6.07) is 23.5. The Hall–Kier alpha value is -3.18. The summed E-state index contributed by atoms with van der Waals surface area (Å²) in [5.74, 6) is 0.723. The molecule has 0 aliphatic rings. The van der Waals surface area contributed by atoms with E-state index in [9.17, 15) is 4.79 Å². The summed E-state index contributed by atoms with van der Waals surface area (Å²) in [4.78, 5) is 16.3. The Morgan fingerprint density at radius 3 is 2.62 bits per heavy atom. The Labute approximate surface area is 175 Å². The Balaban J connectivity index is 1.36. The minimum atomic E-state index is -0.105. The SMILES string of the molecule is O=C(NCCc1c[nH]c2cc(OCc3ccccc3)ccc12)c1ccccc1S. The molecule has 0 bridgehead atoms. The second-order valence-corrected chi connectivity index (χ2v) is 7.30. The van der Waals surface area contributed by atoms with Gasteiger partial charge in [-0.05, 0) is 41.8 Å². The van der Waals surface area contributed by atoms with Crippen LogP contribution in [0.4, 0.5) is 0 Å². The van der Waals surface area contributed by atoms with Gasteiger partial charge in [-0.3, -0.25) is 4.79 Å². The highest BCUT2D eigenvalue weighted by molar-refractivity contribution is 7.80. The van der Waals surface area contributed by atoms with Gasteiger partial charge in [-0.1, -0.05) is 42.5 Å². The highest BCUT2D eigenvalue weighted by Crippen LogP contribution is 2.24. The molecule has 3 aromatic carbocycles. The molecule has 2 N–H and O–H groups in total. The second kappa shape index (κ2) is 8.88. The Bertz CT molecular complexity index is 1120. The second-order valence-electron chi connectivity index (χ2n) is 6.82. The first kappa shape index (κ1) is 19.2. The molecule has 0 fully saturated rings. The van der Waals surface area contributed by atoms with E-state index in [0.717, 1.165) is 34.2 Å². The van der Waals surface area contributed by atoms with Gasteiger partial charge >= 0.3 is 0 Å². The minimum Gasteiger partial charge on any atom is -0.489 e. The number of ether oxygens (including phenoxy) is 1. The number of carbonyl (C=O) groups is 1. The predicted molar refractivity (Wildman–Crippen MR) is 119 cm³/mol. The van der Waals surface area contributed by atoms with Crippen molar-refractivity contribution in [3.05, 3.63) is 95.7 Å². The summed E-state index contributed by atoms with van der Waals surface area (Å²) in [5, 5.41) is 4.11. The van der Waals surface area contributed by atoms with Crippen LogP contribution >= 0.6 is 12.6 Å². The third-order valence-electron chi connectivity index (χ3n) is 4.82. The van der Waals surface area contributed by atoms with Crippen molar-refractivity contribution in [3.8, 4) is 5.75 Å². The van der Waals surface area contributed by atoms with E-state index in [1.54, 1.807) is 6.07 Å². The van der Waals surface area contributed by atoms with Crippen molar-refractivity contribution >= 4 is 29.4 Å². The summed E-state index contributed by atoms with van der Waals surface area (Å²) in [7, 11) is 0. The van der Waals surface area contributed by atoms with Crippen LogP contribution < -0.4 is 10.1 Å². The van der Waals surface area contributed by atoms with Gasteiger partial charge in [0, 0.05) is 34.6 Å². The quantitative estimate of drug-likeness (QED) is 0.381. The number of H-pyrrole nitrogens is 1. The van der Waals surface area contributed by atoms with Gasteiger partial charge in [0.05, 0.1) is 5.56 Å². The van der Waals surface area contributed by atoms with Crippen LogP contribution in [0.15, 0.2) is 83.9 Å². The van der Waals surface area contributed by atoms with Crippen LogP contribution in [0.25, 0.3) is 10.9 Å². The molecule has 0 aliphatic heterocycles. The third-order valence-corrected chi connectivity index (χ3v) is 5.21. The zero-order valence-corrected chi connectivity index (χ0v) is 16.8. The molecular formula is C24H22N2O2S. The van der Waals surface area contributed by atoms with Gasteiger partial charge in [-0.25, -0.2) is 0 Å². The van der Waals surface area contributed by atoms with Gasteiger partial charge in [0.25, 0.3) is 5.91 Å². The van der Waals surface area contributed by atoms with E-state index in [2.05, 4.69) is 29.0 Å². The van der Waals surface area contributed by atoms with Crippen LogP contribution in [0.5, 0.6) is 5.75 Å². The molecule has 4 rings (SSSR count). The molecule has 1 heterocycles. The fourth-order valence-electron chi connectivity index (χ4n) is 3.27. The van der Waals surface area contributed by atoms with Crippen molar-refractivity contribution in [1.82, 2.24) is 10.3 Å². The summed E-state index contributed by atoms with van der Waals surface area (Å²) in [5.41, 5.74) is 3.92. The minimum absolute atomic E-state index is 0.105. The molecule has 4 aromatic rings. The van der Waals surface area contributed by atoms with Gasteiger partial charge in [0.1, 0.15) is 12.4 Å². The lowest BCUT2D eigenvalue weighted by molar-refractivity contribution is 0.0951. The molecule has 0 aliphatic carbocycles. The van der Waals surface area contributed by atoms with Crippen LogP contribution in [0.2, 0.25) is 0 Å². The standard InChI is InChI=1S/C24H22N2O2S/c27-24(21-8-4-5-9-23(21)29)25-13-12-18-15-26-22-14-19(10-11-20(18)22)28-16-17-6-2-1-3-7-17/h1-11,14-15,26,29H,12-13,16H2,(H,25,27). The van der Waals surface area contributed by atoms with Gasteiger partial charge < -0.3 is 15.0 Å². The zero-order chi connectivity index (χ0) is 20.1. The molecular weight excluding hydrogens is 380 g/mol. The number of thiol groups is 1. The molecule has 0 atom stereocenters. The van der Waals surface area contributed by atoms with Crippen LogP contribution in [-0.2, 0) is 13.0 Å². The Morgan fingerprint density at radius 2 is 1.79 bits per heavy atom. The van der Waals surface area contributed by atoms with E-state index in [4.69, 9.17) is 4.74 Å². The first-order valence-corrected chi connectivity index (χ1v) is 9.98. The smallest absolute Gasteiger partial charge is 0.252 e. The normalized spacial score (nSPS) is 10.8. The average molecular weight is 403 g/mol. The Morgan fingerprint density at radius 1 is 1.00 bits per heavy atom. The summed E-state index contributed by atoms with van der Waals surface area (Å²) in [6.45, 7) is 1.10. The molecule has 29 heavy (non-hydrogen) atoms. The molecule has 5 heteroatoms. The lowest BCUT2D eigenvalue weighted by atomic mass is 10.1. The van der Waals surface area contributed by atoms with Crippen molar-refractivity contribution < 1.29 is 9.53 Å². The first-order chi connectivity index (χ1) is 14.2. The number of rotatable bonds is 7. The number of hydrogen-bond donors (Lipinski definition) is 3. The molecule has 0 radical (unpaired) electrons. The number of fused-ring (bicyclic) bond motifs is 1. The van der Waals surface area contributed by atoms with Crippen LogP contribution in [0.1, 0.15) is 21.5 Å². The van der Waals surface area contributed by atoms with Gasteiger partial charge in [-0.2, -0.15) is 0 Å². The Kier molecular flexibility index (Phi) is 5.86. The van der Waals surface area contributed by atoms with E-state index in [-0.39, 0.29) is 5.91 Å². The summed E-state index contributed by atoms with van der Waals surface area (Å²) >= 11 is 4.34. The number of benzene rings is 3. The van der Waals surface area contributed by atoms with E-state index in [1.165, 1.54) is 0 Å². The van der Waals surface area contributed by atoms with Gasteiger partial charge in [0.2, 0.25) is 0 Å². The zero-order valence-electron chi connectivity index (χ0n) is 15.9. The third kappa shape index (κ3) is 4.63. The van der Waals surface area contributed by atoms with E-state index in [1.807, 2.05) is 66.9 Å². The molecule has 1 aromatic heterocycles. The number of nitrogens with one attached hydrogen (secondary N) is 2. The highest BCUT2D eigenvalue weighted by Gasteiger charge is 2.09. The number of aromatic nitrogens is 1. The van der Waals surface area contributed by atoms with E-state index < -0.39 is 0 Å². The fourth-order valence-corrected chi connectivity index (χ4v) is 3.54. The van der Waals surface area contributed by atoms with Crippen molar-refractivity contribution in [2.45, 2.75) is 17.9 Å². The van der Waals surface area contributed by atoms with Crippen molar-refractivity contribution in [2.24, 2.45) is 0 Å². The van der Waals surface area contributed by atoms with Crippen LogP contribution in [-0.4, -0.2) is 17.4 Å². The molecule has 146 valence electrons. The number of aromatic amines is 1. The summed E-state index contributed by atoms with van der Waals surface area (Å²) < 4.78 is 5.90. The largest absolute Gasteiger partial charge is 0.489 e. The lowest BCUT2D eigenvalue weighted by Gasteiger charge is -2.08. The molecule has 1 amide bonds. The topological polar surface area (TPSA) is 54.1 Å². The van der Waals surface area contributed by atoms with Gasteiger partial charge in [-0.15, -0.1) is 12.6 Å².